The Morgan fingerprint density at radius 1 is 1.24 bits per heavy atom. The van der Waals surface area contributed by atoms with Crippen molar-refractivity contribution in [3.63, 3.8) is 0 Å². The van der Waals surface area contributed by atoms with Crippen LogP contribution >= 0.6 is 0 Å². The van der Waals surface area contributed by atoms with Gasteiger partial charge in [0, 0.05) is 18.6 Å². The molecule has 1 heterocycles. The van der Waals surface area contributed by atoms with Crippen LogP contribution < -0.4 is 16.0 Å². The largest absolute Gasteiger partial charge is 0.439 e. The minimum Gasteiger partial charge on any atom is -0.439 e. The fraction of sp³-hybridized carbons (Fsp3) is 0.333. The molecule has 0 spiro atoms. The highest BCUT2D eigenvalue weighted by molar-refractivity contribution is 5.40. The Balaban J connectivity index is 1.78. The van der Waals surface area contributed by atoms with Crippen LogP contribution in [0.4, 0.5) is 5.82 Å². The molecule has 1 saturated carbocycles. The van der Waals surface area contributed by atoms with E-state index in [1.54, 1.807) is 6.07 Å². The van der Waals surface area contributed by atoms with Crippen molar-refractivity contribution in [2.45, 2.75) is 25.2 Å². The Hall–Kier alpha value is -2.18. The lowest BCUT2D eigenvalue weighted by Crippen LogP contribution is -2.10. The van der Waals surface area contributed by atoms with E-state index in [-0.39, 0.29) is 6.61 Å². The summed E-state index contributed by atoms with van der Waals surface area (Å²) in [6.45, 7) is 0.141. The predicted molar refractivity (Wildman–Crippen MR) is 79.1 cm³/mol. The summed E-state index contributed by atoms with van der Waals surface area (Å²) in [7, 11) is 0. The number of aromatic nitrogens is 2. The fourth-order valence-electron chi connectivity index (χ4n) is 2.07. The molecular weight excluding hydrogens is 268 g/mol. The van der Waals surface area contributed by atoms with E-state index in [4.69, 9.17) is 15.7 Å². The maximum absolute atomic E-state index is 8.90. The zero-order chi connectivity index (χ0) is 14.7. The molecule has 6 nitrogen and oxygen atoms in total. The molecule has 1 aromatic heterocycles. The molecule has 0 amide bonds. The van der Waals surface area contributed by atoms with E-state index in [1.807, 2.05) is 24.3 Å². The number of hydrazine groups is 1. The molecule has 1 aromatic carbocycles. The lowest BCUT2D eigenvalue weighted by atomic mass is 10.1. The van der Waals surface area contributed by atoms with Gasteiger partial charge in [0.15, 0.2) is 0 Å². The first kappa shape index (κ1) is 13.8. The first-order valence-corrected chi connectivity index (χ1v) is 7.02. The molecule has 1 aliphatic rings. The minimum absolute atomic E-state index is 0.141. The van der Waals surface area contributed by atoms with E-state index in [2.05, 4.69) is 15.4 Å². The standard InChI is InChI=1S/C15H18N4O2/c16-19-13-9-14(18-15(17-13)11-3-4-11)21-12-5-1-10(2-6-12)7-8-20/h1-2,5-6,9,11,20H,3-4,7-8,16H2,(H,17,18,19). The molecule has 3 rings (SSSR count). The summed E-state index contributed by atoms with van der Waals surface area (Å²) in [5.41, 5.74) is 3.61. The Morgan fingerprint density at radius 2 is 2.00 bits per heavy atom. The van der Waals surface area contributed by atoms with E-state index in [0.717, 1.165) is 24.2 Å². The van der Waals surface area contributed by atoms with Crippen molar-refractivity contribution in [3.05, 3.63) is 41.7 Å². The molecule has 0 unspecified atom stereocenters. The van der Waals surface area contributed by atoms with Gasteiger partial charge in [-0.1, -0.05) is 12.1 Å². The molecule has 0 bridgehead atoms. The van der Waals surface area contributed by atoms with Gasteiger partial charge in [0.25, 0.3) is 0 Å². The minimum atomic E-state index is 0.141. The summed E-state index contributed by atoms with van der Waals surface area (Å²) in [4.78, 5) is 8.77. The van der Waals surface area contributed by atoms with E-state index in [0.29, 0.717) is 29.8 Å². The summed E-state index contributed by atoms with van der Waals surface area (Å²) >= 11 is 0. The van der Waals surface area contributed by atoms with Crippen LogP contribution in [0.5, 0.6) is 11.6 Å². The number of nitrogen functional groups attached to an aromatic ring is 1. The van der Waals surface area contributed by atoms with Gasteiger partial charge in [-0.25, -0.2) is 10.8 Å². The molecule has 0 radical (unpaired) electrons. The second-order valence-electron chi connectivity index (χ2n) is 5.09. The Labute approximate surface area is 123 Å². The van der Waals surface area contributed by atoms with Crippen LogP contribution in [0.1, 0.15) is 30.1 Å². The molecule has 2 aromatic rings. The number of aliphatic hydroxyl groups excluding tert-OH is 1. The SMILES string of the molecule is NNc1cc(Oc2ccc(CCO)cc2)nc(C2CC2)n1. The van der Waals surface area contributed by atoms with Gasteiger partial charge in [-0.05, 0) is 37.0 Å². The van der Waals surface area contributed by atoms with Gasteiger partial charge in [-0.15, -0.1) is 0 Å². The summed E-state index contributed by atoms with van der Waals surface area (Å²) in [6.07, 6.45) is 2.87. The highest BCUT2D eigenvalue weighted by atomic mass is 16.5. The van der Waals surface area contributed by atoms with Crippen LogP contribution in [0.15, 0.2) is 30.3 Å². The maximum atomic E-state index is 8.90. The molecule has 0 atom stereocenters. The van der Waals surface area contributed by atoms with Gasteiger partial charge in [0.05, 0.1) is 0 Å². The molecule has 4 N–H and O–H groups in total. The second kappa shape index (κ2) is 6.07. The number of rotatable bonds is 6. The lowest BCUT2D eigenvalue weighted by molar-refractivity contribution is 0.299. The van der Waals surface area contributed by atoms with Gasteiger partial charge in [-0.3, -0.25) is 0 Å². The topological polar surface area (TPSA) is 93.3 Å². The second-order valence-corrected chi connectivity index (χ2v) is 5.09. The highest BCUT2D eigenvalue weighted by Gasteiger charge is 2.27. The van der Waals surface area contributed by atoms with Crippen molar-refractivity contribution < 1.29 is 9.84 Å². The summed E-state index contributed by atoms with van der Waals surface area (Å²) in [5.74, 6) is 8.36. The van der Waals surface area contributed by atoms with E-state index in [1.165, 1.54) is 0 Å². The number of nitrogens with zero attached hydrogens (tertiary/aromatic N) is 2. The van der Waals surface area contributed by atoms with Gasteiger partial charge < -0.3 is 15.3 Å². The van der Waals surface area contributed by atoms with Gasteiger partial charge in [0.2, 0.25) is 5.88 Å². The summed E-state index contributed by atoms with van der Waals surface area (Å²) in [6, 6.07) is 9.25. The monoisotopic (exact) mass is 286 g/mol. The predicted octanol–water partition coefficient (Wildman–Crippen LogP) is 1.97. The van der Waals surface area contributed by atoms with Gasteiger partial charge >= 0.3 is 0 Å². The third-order valence-corrected chi connectivity index (χ3v) is 3.36. The van der Waals surface area contributed by atoms with Crippen LogP contribution in [0.3, 0.4) is 0 Å². The van der Waals surface area contributed by atoms with Crippen LogP contribution in [-0.4, -0.2) is 21.7 Å². The average molecular weight is 286 g/mol. The van der Waals surface area contributed by atoms with E-state index in [9.17, 15) is 0 Å². The van der Waals surface area contributed by atoms with E-state index >= 15 is 0 Å². The molecule has 1 aliphatic carbocycles. The third-order valence-electron chi connectivity index (χ3n) is 3.36. The molecular formula is C15H18N4O2. The smallest absolute Gasteiger partial charge is 0.224 e. The Bertz CT molecular complexity index is 612. The van der Waals surface area contributed by atoms with Crippen molar-refractivity contribution in [2.24, 2.45) is 5.84 Å². The third kappa shape index (κ3) is 3.48. The summed E-state index contributed by atoms with van der Waals surface area (Å²) in [5, 5.41) is 8.90. The lowest BCUT2D eigenvalue weighted by Gasteiger charge is -2.09. The van der Waals surface area contributed by atoms with Gasteiger partial charge in [-0.2, -0.15) is 4.98 Å². The number of hydrogen-bond donors (Lipinski definition) is 3. The molecule has 0 saturated heterocycles. The normalized spacial score (nSPS) is 14.0. The van der Waals surface area contributed by atoms with Crippen LogP contribution in [0.2, 0.25) is 0 Å². The molecule has 1 fully saturated rings. The number of benzene rings is 1. The van der Waals surface area contributed by atoms with Crippen LogP contribution in [0.25, 0.3) is 0 Å². The number of aliphatic hydroxyl groups is 1. The van der Waals surface area contributed by atoms with Crippen molar-refractivity contribution in [2.75, 3.05) is 12.0 Å². The average Bonchev–Trinajstić information content (AvgIpc) is 3.34. The maximum Gasteiger partial charge on any atom is 0.224 e. The van der Waals surface area contributed by atoms with Crippen molar-refractivity contribution >= 4 is 5.82 Å². The highest BCUT2D eigenvalue weighted by Crippen LogP contribution is 2.39. The number of anilines is 1. The first-order valence-electron chi connectivity index (χ1n) is 7.02. The number of hydrogen-bond acceptors (Lipinski definition) is 6. The first-order chi connectivity index (χ1) is 10.3. The van der Waals surface area contributed by atoms with Crippen molar-refractivity contribution in [1.82, 2.24) is 9.97 Å². The number of nitrogens with two attached hydrogens (primary N) is 1. The van der Waals surface area contributed by atoms with E-state index < -0.39 is 0 Å². The number of nitrogens with one attached hydrogen (secondary N) is 1. The molecule has 21 heavy (non-hydrogen) atoms. The summed E-state index contributed by atoms with van der Waals surface area (Å²) < 4.78 is 5.76. The Morgan fingerprint density at radius 3 is 2.62 bits per heavy atom. The molecule has 0 aliphatic heterocycles. The quantitative estimate of drug-likeness (QED) is 0.555. The van der Waals surface area contributed by atoms with Crippen molar-refractivity contribution in [3.8, 4) is 11.6 Å². The van der Waals surface area contributed by atoms with Crippen LogP contribution in [-0.2, 0) is 6.42 Å². The van der Waals surface area contributed by atoms with Gasteiger partial charge in [0.1, 0.15) is 17.4 Å². The zero-order valence-electron chi connectivity index (χ0n) is 11.6. The Kier molecular flexibility index (Phi) is 3.98. The number of ether oxygens (including phenoxy) is 1. The molecule has 110 valence electrons. The van der Waals surface area contributed by atoms with Crippen LogP contribution in [0, 0.1) is 0 Å². The fourth-order valence-corrected chi connectivity index (χ4v) is 2.07. The van der Waals surface area contributed by atoms with Crippen molar-refractivity contribution in [1.29, 1.82) is 0 Å². The zero-order valence-corrected chi connectivity index (χ0v) is 11.6. The molecule has 6 heteroatoms.